The molecular formula is C82H94N12O25. The van der Waals surface area contributed by atoms with Crippen molar-refractivity contribution in [2.75, 3.05) is 62.1 Å². The number of carboxylic acids is 3. The average molecular weight is 1650 g/mol. The Morgan fingerprint density at radius 1 is 0.462 bits per heavy atom. The summed E-state index contributed by atoms with van der Waals surface area (Å²) in [5.74, 6) is -3.10. The van der Waals surface area contributed by atoms with Gasteiger partial charge in [0.2, 0.25) is 0 Å². The van der Waals surface area contributed by atoms with Crippen LogP contribution in [-0.2, 0) is 73.0 Å². The van der Waals surface area contributed by atoms with E-state index in [-0.39, 0.29) is 73.1 Å². The predicted octanol–water partition coefficient (Wildman–Crippen LogP) is 7.66. The number of urea groups is 3. The lowest BCUT2D eigenvalue weighted by atomic mass is 9.97. The molecule has 10 heterocycles. The van der Waals surface area contributed by atoms with Crippen LogP contribution in [0, 0.1) is 23.7 Å². The third kappa shape index (κ3) is 21.3. The van der Waals surface area contributed by atoms with Gasteiger partial charge in [0.15, 0.2) is 37.6 Å². The lowest BCUT2D eigenvalue weighted by molar-refractivity contribution is -0.159. The van der Waals surface area contributed by atoms with E-state index in [2.05, 4.69) is 46.9 Å². The number of amides is 6. The number of aliphatic carboxylic acids is 2. The monoisotopic (exact) mass is 1650 g/mol. The van der Waals surface area contributed by atoms with Gasteiger partial charge >= 0.3 is 53.1 Å². The summed E-state index contributed by atoms with van der Waals surface area (Å²) in [4.78, 5) is 121. The average Bonchev–Trinajstić information content (AvgIpc) is 1.63. The van der Waals surface area contributed by atoms with Gasteiger partial charge in [-0.25, -0.2) is 33.6 Å². The number of nitrogens with zero attached hydrogens (tertiary/aromatic N) is 6. The van der Waals surface area contributed by atoms with Crippen LogP contribution >= 0.6 is 0 Å². The second-order valence-electron chi connectivity index (χ2n) is 29.6. The number of hydrogen-bond acceptors (Lipinski definition) is 25. The first kappa shape index (κ1) is 84.3. The summed E-state index contributed by atoms with van der Waals surface area (Å²) in [5, 5.41) is 43.8. The van der Waals surface area contributed by atoms with Gasteiger partial charge in [0.25, 0.3) is 0 Å². The van der Waals surface area contributed by atoms with Gasteiger partial charge in [-0.05, 0) is 112 Å². The van der Waals surface area contributed by atoms with Crippen molar-refractivity contribution in [3.8, 4) is 0 Å². The summed E-state index contributed by atoms with van der Waals surface area (Å²) in [6, 6.07) is 33.5. The van der Waals surface area contributed by atoms with Crippen LogP contribution in [0.5, 0.6) is 0 Å². The number of carbonyl (C=O) groups is 6. The number of furan rings is 1. The van der Waals surface area contributed by atoms with E-state index in [1.54, 1.807) is 19.9 Å². The Morgan fingerprint density at radius 2 is 0.866 bits per heavy atom. The minimum atomic E-state index is -1.12. The Bertz CT molecular complexity index is 4900. The molecule has 3 aromatic carbocycles. The Hall–Kier alpha value is -11.2. The van der Waals surface area contributed by atoms with Crippen LogP contribution in [0.15, 0.2) is 171 Å². The third-order valence-electron chi connectivity index (χ3n) is 21.4. The van der Waals surface area contributed by atoms with Crippen LogP contribution in [0.2, 0.25) is 0 Å². The van der Waals surface area contributed by atoms with Gasteiger partial charge in [0, 0.05) is 43.3 Å². The van der Waals surface area contributed by atoms with Crippen LogP contribution in [-0.4, -0.2) is 200 Å². The molecule has 6 amide bonds. The van der Waals surface area contributed by atoms with Crippen molar-refractivity contribution in [3.05, 3.63) is 212 Å². The van der Waals surface area contributed by atoms with Crippen molar-refractivity contribution in [3.63, 3.8) is 0 Å². The molecule has 37 heteroatoms. The molecule has 7 aromatic rings. The van der Waals surface area contributed by atoms with Gasteiger partial charge < -0.3 is 92.5 Å². The van der Waals surface area contributed by atoms with Gasteiger partial charge in [-0.15, -0.1) is 0 Å². The van der Waals surface area contributed by atoms with Gasteiger partial charge in [-0.3, -0.25) is 39.2 Å². The number of anilines is 3. The van der Waals surface area contributed by atoms with E-state index in [4.69, 9.17) is 61.3 Å². The Balaban J connectivity index is 0.000000147. The van der Waals surface area contributed by atoms with Crippen molar-refractivity contribution >= 4 is 65.6 Å². The fourth-order valence-corrected chi connectivity index (χ4v) is 15.5. The molecule has 7 unspecified atom stereocenters. The number of rotatable bonds is 29. The predicted molar refractivity (Wildman–Crippen MR) is 419 cm³/mol. The number of carbonyl (C=O) groups excluding carboxylic acids is 3. The highest BCUT2D eigenvalue weighted by molar-refractivity contribution is 5.90. The lowest BCUT2D eigenvalue weighted by Gasteiger charge is -2.22. The maximum absolute atomic E-state index is 13.0. The number of carboxylic acid groups (broad SMARTS) is 3. The first-order chi connectivity index (χ1) is 57.8. The molecule has 0 bridgehead atoms. The molecule has 19 atom stereocenters. The van der Waals surface area contributed by atoms with Crippen LogP contribution < -0.4 is 49.0 Å². The quantitative estimate of drug-likeness (QED) is 0.0217. The van der Waals surface area contributed by atoms with E-state index in [9.17, 15) is 58.5 Å². The Labute approximate surface area is 680 Å². The molecule has 9 aliphatic rings. The summed E-state index contributed by atoms with van der Waals surface area (Å²) in [6.07, 6.45) is 9.78. The molecular weight excluding hydrogens is 1550 g/mol. The van der Waals surface area contributed by atoms with Gasteiger partial charge in [0.05, 0.1) is 51.1 Å². The highest BCUT2D eigenvalue weighted by Crippen LogP contribution is 2.46. The maximum atomic E-state index is 13.0. The lowest BCUT2D eigenvalue weighted by Crippen LogP contribution is -2.36. The number of nitrogens with one attached hydrogen (secondary N) is 6. The minimum absolute atomic E-state index is 0.0108. The molecule has 9 N–H and O–H groups in total. The standard InChI is InChI=1S/C29H34N4O8.C28H34N4O8.C25H26N4O9/c34-27(35)20-8-4-7-18(20)15-38-16-21-24-25(41-23(40-24)12-9-17-5-2-1-3-6-17)26(39-21)33-14-13-22(32-29(33)37)31-28(36)30-19-10-11-19;1-2-29-27(35)30-21-13-14-32(28(36)31-21)25-24-23(39-22(40-24)12-11-17-7-4-3-5-8-17)20(38-25)16-37-15-18-9-6-10-19(18)26(33)34;1-2-26-24(32)27-18-8-10-29(25(33)28-18)21-20-19(37-23(38-20)14-6-4-3-5-7-14)17(36-21)13-34-12-16-15(22(30)31)9-11-35-16/h1-3,5-6,9,12-14,18-21,23-26H,4,7-8,10-11,15-16H2,(H,34,35)(H2,30,31,32,36,37);3-5,7-8,11-14,18-20,22-25H,2,6,9-10,15-16H2,1H3,(H,33,34)(H2,29,30,31,35,36);3-11,17,19-21,23H,2,12-13H2,1H3,(H,30,31)(H2,26,27,28,32,33)/b12-9+;12-11+;/t18?,20?,21-,23+,24?,25+,26-;18?,19?,20-,22+,23?,24+,25-;17-,19?,20+,21-,23+/m111/s1. The number of benzene rings is 3. The van der Waals surface area contributed by atoms with Crippen molar-refractivity contribution in [2.45, 2.75) is 170 Å². The SMILES string of the molecule is CCNC(=O)Nc1ccn([C@@H]2O[C@H](COCC3CCCC3C(=O)O)C3O[C@H](/C=C/c4ccccc4)O[C@@H]32)c(=O)n1.CCNC(=O)Nc1ccn([C@@H]2O[C@H](COCc3occc3C(=O)O)C3O[C@H](c4ccccc4)O[C@@H]32)c(=O)n1.O=C(Nc1ccn([C@@H]2O[C@H](COCC3CCCC3C(=O)O)C3O[C@H](/C=C/c4ccccc4)O[C@@H]32)c(=O)n1)NC1CC1. The molecule has 0 radical (unpaired) electrons. The number of aromatic carboxylic acids is 1. The minimum Gasteiger partial charge on any atom is -0.481 e. The summed E-state index contributed by atoms with van der Waals surface area (Å²) in [5.41, 5.74) is 0.898. The zero-order chi connectivity index (χ0) is 83.1. The number of ether oxygens (including phenoxy) is 12. The highest BCUT2D eigenvalue weighted by Gasteiger charge is 2.57. The van der Waals surface area contributed by atoms with Crippen molar-refractivity contribution in [1.29, 1.82) is 0 Å². The van der Waals surface area contributed by atoms with Gasteiger partial charge in [-0.1, -0.05) is 116 Å². The van der Waals surface area contributed by atoms with Crippen LogP contribution in [0.3, 0.4) is 0 Å². The highest BCUT2D eigenvalue weighted by atomic mass is 16.8. The second kappa shape index (κ2) is 39.6. The third-order valence-corrected chi connectivity index (χ3v) is 21.4. The Kier molecular flexibility index (Phi) is 28.0. The largest absolute Gasteiger partial charge is 0.481 e. The van der Waals surface area contributed by atoms with Gasteiger partial charge in [0.1, 0.15) is 90.3 Å². The van der Waals surface area contributed by atoms with E-state index >= 15 is 0 Å². The van der Waals surface area contributed by atoms with Crippen LogP contribution in [0.25, 0.3) is 12.2 Å². The number of hydrogen-bond donors (Lipinski definition) is 9. The zero-order valence-corrected chi connectivity index (χ0v) is 65.0. The van der Waals surface area contributed by atoms with Crippen molar-refractivity contribution < 1.29 is 105 Å². The summed E-state index contributed by atoms with van der Waals surface area (Å²) < 4.78 is 82.5. The normalized spacial score (nSPS) is 28.3. The molecule has 37 nitrogen and oxygen atoms in total. The Morgan fingerprint density at radius 3 is 1.29 bits per heavy atom. The van der Waals surface area contributed by atoms with Crippen molar-refractivity contribution in [2.24, 2.45) is 23.7 Å². The maximum Gasteiger partial charge on any atom is 0.351 e. The molecule has 16 rings (SSSR count). The topological polar surface area (TPSA) is 464 Å². The molecule has 119 heavy (non-hydrogen) atoms. The molecule has 3 saturated carbocycles. The molecule has 632 valence electrons. The van der Waals surface area contributed by atoms with E-state index in [1.807, 2.05) is 109 Å². The van der Waals surface area contributed by atoms with Crippen LogP contribution in [0.4, 0.5) is 31.8 Å². The summed E-state index contributed by atoms with van der Waals surface area (Å²) in [7, 11) is 0. The number of fused-ring (bicyclic) bond motifs is 3. The molecule has 6 aliphatic heterocycles. The van der Waals surface area contributed by atoms with E-state index < -0.39 is 157 Å². The first-order valence-electron chi connectivity index (χ1n) is 39.7. The zero-order valence-electron chi connectivity index (χ0n) is 65.0. The van der Waals surface area contributed by atoms with Gasteiger partial charge in [-0.2, -0.15) is 15.0 Å². The molecule has 0 spiro atoms. The fourth-order valence-electron chi connectivity index (χ4n) is 15.5. The first-order valence-corrected chi connectivity index (χ1v) is 39.7. The number of aromatic nitrogens is 6. The second-order valence-corrected chi connectivity index (χ2v) is 29.6. The van der Waals surface area contributed by atoms with Crippen molar-refractivity contribution in [1.82, 2.24) is 44.6 Å². The van der Waals surface area contributed by atoms with E-state index in [1.165, 1.54) is 62.8 Å². The summed E-state index contributed by atoms with van der Waals surface area (Å²) in [6.45, 7) is 5.24. The van der Waals surface area contributed by atoms with E-state index in [0.29, 0.717) is 39.1 Å². The molecule has 9 fully saturated rings. The van der Waals surface area contributed by atoms with Crippen LogP contribution in [0.1, 0.15) is 123 Å². The molecule has 6 saturated heterocycles. The smallest absolute Gasteiger partial charge is 0.351 e. The van der Waals surface area contributed by atoms with E-state index in [0.717, 1.165) is 55.2 Å². The molecule has 3 aliphatic carbocycles. The molecule has 4 aromatic heterocycles. The summed E-state index contributed by atoms with van der Waals surface area (Å²) >= 11 is 0. The fraction of sp³-hybridized carbons (Fsp3) is 0.463.